The Labute approximate surface area is 115 Å². The van der Waals surface area contributed by atoms with Crippen molar-refractivity contribution >= 4 is 27.5 Å². The molecule has 6 heteroatoms. The standard InChI is InChI=1S/C12H18BrN3O2/c1-18-11-6-5-9(13)8-10(11)15-7-3-2-4-12(14)16-17/h5-6,8,15,17H,2-4,7H2,1H3,(H2,14,16). The number of rotatable bonds is 7. The summed E-state index contributed by atoms with van der Waals surface area (Å²) < 4.78 is 6.26. The molecule has 1 rings (SSSR count). The van der Waals surface area contributed by atoms with E-state index in [4.69, 9.17) is 15.7 Å². The highest BCUT2D eigenvalue weighted by Gasteiger charge is 2.02. The van der Waals surface area contributed by atoms with Gasteiger partial charge in [-0.05, 0) is 31.0 Å². The minimum absolute atomic E-state index is 0.273. The van der Waals surface area contributed by atoms with Gasteiger partial charge in [-0.15, -0.1) is 0 Å². The van der Waals surface area contributed by atoms with E-state index in [1.807, 2.05) is 18.2 Å². The number of nitrogens with zero attached hydrogens (tertiary/aromatic N) is 1. The van der Waals surface area contributed by atoms with Crippen LogP contribution in [0.3, 0.4) is 0 Å². The van der Waals surface area contributed by atoms with E-state index in [0.29, 0.717) is 6.42 Å². The third-order valence-electron chi connectivity index (χ3n) is 2.47. The molecule has 0 bridgehead atoms. The lowest BCUT2D eigenvalue weighted by Gasteiger charge is -2.11. The molecule has 0 aliphatic rings. The summed E-state index contributed by atoms with van der Waals surface area (Å²) in [6, 6.07) is 5.81. The topological polar surface area (TPSA) is 79.9 Å². The third-order valence-corrected chi connectivity index (χ3v) is 2.96. The van der Waals surface area contributed by atoms with E-state index in [1.54, 1.807) is 7.11 Å². The van der Waals surface area contributed by atoms with Crippen LogP contribution in [-0.2, 0) is 0 Å². The molecular weight excluding hydrogens is 298 g/mol. The zero-order valence-electron chi connectivity index (χ0n) is 10.3. The van der Waals surface area contributed by atoms with Gasteiger partial charge in [0.1, 0.15) is 11.6 Å². The molecule has 100 valence electrons. The molecule has 0 atom stereocenters. The molecule has 0 aliphatic heterocycles. The molecule has 5 nitrogen and oxygen atoms in total. The molecule has 0 saturated heterocycles. The smallest absolute Gasteiger partial charge is 0.142 e. The van der Waals surface area contributed by atoms with Crippen molar-refractivity contribution in [2.24, 2.45) is 10.9 Å². The first-order chi connectivity index (χ1) is 8.67. The molecule has 0 unspecified atom stereocenters. The second kappa shape index (κ2) is 7.81. The summed E-state index contributed by atoms with van der Waals surface area (Å²) in [6.45, 7) is 0.811. The van der Waals surface area contributed by atoms with Crippen molar-refractivity contribution in [1.82, 2.24) is 0 Å². The monoisotopic (exact) mass is 315 g/mol. The zero-order chi connectivity index (χ0) is 13.4. The van der Waals surface area contributed by atoms with Gasteiger partial charge in [-0.25, -0.2) is 0 Å². The number of halogens is 1. The minimum Gasteiger partial charge on any atom is -0.495 e. The molecule has 1 aromatic carbocycles. The molecule has 18 heavy (non-hydrogen) atoms. The summed E-state index contributed by atoms with van der Waals surface area (Å²) in [5, 5.41) is 14.6. The molecule has 0 aliphatic carbocycles. The number of anilines is 1. The Morgan fingerprint density at radius 2 is 2.28 bits per heavy atom. The van der Waals surface area contributed by atoms with Crippen molar-refractivity contribution in [3.63, 3.8) is 0 Å². The lowest BCUT2D eigenvalue weighted by molar-refractivity contribution is 0.316. The van der Waals surface area contributed by atoms with Crippen LogP contribution in [0.2, 0.25) is 0 Å². The van der Waals surface area contributed by atoms with Crippen molar-refractivity contribution in [1.29, 1.82) is 0 Å². The maximum Gasteiger partial charge on any atom is 0.142 e. The Balaban J connectivity index is 2.37. The Morgan fingerprint density at radius 3 is 2.94 bits per heavy atom. The first-order valence-electron chi connectivity index (χ1n) is 5.71. The van der Waals surface area contributed by atoms with E-state index in [9.17, 15) is 0 Å². The largest absolute Gasteiger partial charge is 0.495 e. The molecule has 1 aromatic rings. The van der Waals surface area contributed by atoms with Crippen molar-refractivity contribution < 1.29 is 9.94 Å². The molecule has 0 heterocycles. The van der Waals surface area contributed by atoms with Crippen molar-refractivity contribution in [2.75, 3.05) is 19.0 Å². The van der Waals surface area contributed by atoms with Gasteiger partial charge in [0.05, 0.1) is 12.8 Å². The Hall–Kier alpha value is -1.43. The zero-order valence-corrected chi connectivity index (χ0v) is 11.9. The summed E-state index contributed by atoms with van der Waals surface area (Å²) in [5.74, 6) is 1.09. The number of nitrogens with one attached hydrogen (secondary N) is 1. The average molecular weight is 316 g/mol. The van der Waals surface area contributed by atoms with Crippen LogP contribution in [0.15, 0.2) is 27.8 Å². The lowest BCUT2D eigenvalue weighted by atomic mass is 10.2. The quantitative estimate of drug-likeness (QED) is 0.238. The van der Waals surface area contributed by atoms with Gasteiger partial charge in [-0.1, -0.05) is 21.1 Å². The van der Waals surface area contributed by atoms with Crippen LogP contribution in [0, 0.1) is 0 Å². The number of benzene rings is 1. The first kappa shape index (κ1) is 14.6. The Morgan fingerprint density at radius 1 is 1.50 bits per heavy atom. The number of hydrogen-bond donors (Lipinski definition) is 3. The van der Waals surface area contributed by atoms with E-state index in [0.717, 1.165) is 35.3 Å². The Bertz CT molecular complexity index is 410. The highest BCUT2D eigenvalue weighted by Crippen LogP contribution is 2.27. The van der Waals surface area contributed by atoms with Crippen LogP contribution in [-0.4, -0.2) is 24.7 Å². The summed E-state index contributed by atoms with van der Waals surface area (Å²) in [5.41, 5.74) is 6.34. The van der Waals surface area contributed by atoms with Gasteiger partial charge in [0, 0.05) is 17.4 Å². The SMILES string of the molecule is COc1ccc(Br)cc1NCCCC/C(N)=N/O. The molecule has 0 fully saturated rings. The summed E-state index contributed by atoms with van der Waals surface area (Å²) in [4.78, 5) is 0. The van der Waals surface area contributed by atoms with Gasteiger partial charge in [-0.2, -0.15) is 0 Å². The number of hydrogen-bond acceptors (Lipinski definition) is 4. The molecule has 4 N–H and O–H groups in total. The van der Waals surface area contributed by atoms with Crippen LogP contribution in [0.5, 0.6) is 5.75 Å². The summed E-state index contributed by atoms with van der Waals surface area (Å²) in [7, 11) is 1.65. The van der Waals surface area contributed by atoms with Crippen LogP contribution in [0.1, 0.15) is 19.3 Å². The van der Waals surface area contributed by atoms with Crippen LogP contribution in [0.25, 0.3) is 0 Å². The van der Waals surface area contributed by atoms with Crippen LogP contribution >= 0.6 is 15.9 Å². The van der Waals surface area contributed by atoms with Gasteiger partial charge in [0.15, 0.2) is 0 Å². The van der Waals surface area contributed by atoms with E-state index in [-0.39, 0.29) is 5.84 Å². The fraction of sp³-hybridized carbons (Fsp3) is 0.417. The normalized spacial score (nSPS) is 11.3. The second-order valence-corrected chi connectivity index (χ2v) is 4.74. The maximum absolute atomic E-state index is 8.39. The highest BCUT2D eigenvalue weighted by atomic mass is 79.9. The van der Waals surface area contributed by atoms with Gasteiger partial charge in [-0.3, -0.25) is 0 Å². The highest BCUT2D eigenvalue weighted by molar-refractivity contribution is 9.10. The predicted octanol–water partition coefficient (Wildman–Crippen LogP) is 2.79. The van der Waals surface area contributed by atoms with E-state index < -0.39 is 0 Å². The van der Waals surface area contributed by atoms with Crippen molar-refractivity contribution in [2.45, 2.75) is 19.3 Å². The molecule has 0 saturated carbocycles. The van der Waals surface area contributed by atoms with Gasteiger partial charge in [0.2, 0.25) is 0 Å². The number of unbranched alkanes of at least 4 members (excludes halogenated alkanes) is 1. The number of ether oxygens (including phenoxy) is 1. The second-order valence-electron chi connectivity index (χ2n) is 3.82. The Kier molecular flexibility index (Phi) is 6.35. The number of methoxy groups -OCH3 is 1. The van der Waals surface area contributed by atoms with Gasteiger partial charge in [0.25, 0.3) is 0 Å². The number of nitrogens with two attached hydrogens (primary N) is 1. The van der Waals surface area contributed by atoms with E-state index in [2.05, 4.69) is 26.4 Å². The third kappa shape index (κ3) is 4.83. The lowest BCUT2D eigenvalue weighted by Crippen LogP contribution is -2.12. The number of oxime groups is 1. The molecule has 0 spiro atoms. The summed E-state index contributed by atoms with van der Waals surface area (Å²) in [6.07, 6.45) is 2.42. The minimum atomic E-state index is 0.273. The molecule has 0 aromatic heterocycles. The number of amidine groups is 1. The fourth-order valence-electron chi connectivity index (χ4n) is 1.52. The van der Waals surface area contributed by atoms with Crippen molar-refractivity contribution in [3.8, 4) is 5.75 Å². The van der Waals surface area contributed by atoms with Crippen LogP contribution in [0.4, 0.5) is 5.69 Å². The first-order valence-corrected chi connectivity index (χ1v) is 6.50. The molecular formula is C12H18BrN3O2. The van der Waals surface area contributed by atoms with Crippen molar-refractivity contribution in [3.05, 3.63) is 22.7 Å². The van der Waals surface area contributed by atoms with E-state index >= 15 is 0 Å². The van der Waals surface area contributed by atoms with E-state index in [1.165, 1.54) is 0 Å². The molecule has 0 amide bonds. The maximum atomic E-state index is 8.39. The van der Waals surface area contributed by atoms with Gasteiger partial charge >= 0.3 is 0 Å². The predicted molar refractivity (Wildman–Crippen MR) is 76.4 cm³/mol. The average Bonchev–Trinajstić information content (AvgIpc) is 2.38. The summed E-state index contributed by atoms with van der Waals surface area (Å²) >= 11 is 3.42. The molecule has 0 radical (unpaired) electrons. The van der Waals surface area contributed by atoms with Crippen LogP contribution < -0.4 is 15.8 Å². The van der Waals surface area contributed by atoms with Gasteiger partial charge < -0.3 is 21.0 Å². The fourth-order valence-corrected chi connectivity index (χ4v) is 1.88.